The average Bonchev–Trinajstić information content (AvgIpc) is 2.18. The van der Waals surface area contributed by atoms with E-state index in [1.807, 2.05) is 0 Å². The van der Waals surface area contributed by atoms with Gasteiger partial charge in [-0.1, -0.05) is 32.4 Å². The highest BCUT2D eigenvalue weighted by Gasteiger charge is 2.21. The normalized spacial score (nSPS) is 11.4. The number of carbonyl (C=O) groups excluding carboxylic acids is 1. The molecule has 2 N–H and O–H groups in total. The van der Waals surface area contributed by atoms with Crippen molar-refractivity contribution < 1.29 is 4.79 Å². The molecule has 1 aromatic heterocycles. The minimum absolute atomic E-state index is 0.0250. The quantitative estimate of drug-likeness (QED) is 0.883. The van der Waals surface area contributed by atoms with Crippen molar-refractivity contribution in [1.82, 2.24) is 9.88 Å². The molecule has 4 nitrogen and oxygen atoms in total. The fraction of sp³-hybridized carbons (Fsp3) is 0.500. The molecule has 0 unspecified atom stereocenters. The van der Waals surface area contributed by atoms with E-state index in [-0.39, 0.29) is 17.0 Å². The van der Waals surface area contributed by atoms with Gasteiger partial charge in [-0.2, -0.15) is 0 Å². The number of aromatic nitrogens is 1. The maximum Gasteiger partial charge on any atom is 0.273 e. The molecule has 1 rings (SSSR count). The van der Waals surface area contributed by atoms with Crippen LogP contribution in [0.25, 0.3) is 0 Å². The second kappa shape index (κ2) is 4.92. The van der Waals surface area contributed by atoms with Crippen LogP contribution in [0.2, 0.25) is 5.02 Å². The molecule has 94 valence electrons. The van der Waals surface area contributed by atoms with Gasteiger partial charge in [0.15, 0.2) is 0 Å². The Morgan fingerprint density at radius 3 is 2.59 bits per heavy atom. The molecule has 0 saturated heterocycles. The fourth-order valence-corrected chi connectivity index (χ4v) is 1.76. The molecule has 17 heavy (non-hydrogen) atoms. The summed E-state index contributed by atoms with van der Waals surface area (Å²) >= 11 is 5.94. The van der Waals surface area contributed by atoms with Crippen molar-refractivity contribution in [3.63, 3.8) is 0 Å². The number of hydrogen-bond donors (Lipinski definition) is 1. The standard InChI is InChI=1S/C12H18ClN3O/c1-12(2,3)7-16(4)11(17)10-8(13)5-6-9(14)15-10/h5-6H,7H2,1-4H3,(H2,14,15). The molecule has 0 spiro atoms. The van der Waals surface area contributed by atoms with Crippen molar-refractivity contribution in [3.05, 3.63) is 22.8 Å². The summed E-state index contributed by atoms with van der Waals surface area (Å²) in [5.41, 5.74) is 5.78. The number of anilines is 1. The predicted octanol–water partition coefficient (Wildman–Crippen LogP) is 2.44. The number of rotatable bonds is 2. The number of amides is 1. The Hall–Kier alpha value is -1.29. The van der Waals surface area contributed by atoms with Gasteiger partial charge >= 0.3 is 0 Å². The lowest BCUT2D eigenvalue weighted by atomic mass is 9.96. The van der Waals surface area contributed by atoms with Crippen molar-refractivity contribution in [1.29, 1.82) is 0 Å². The van der Waals surface area contributed by atoms with Gasteiger partial charge in [-0.05, 0) is 17.5 Å². The molecule has 0 atom stereocenters. The molecular weight excluding hydrogens is 238 g/mol. The number of halogens is 1. The van der Waals surface area contributed by atoms with E-state index in [0.29, 0.717) is 17.4 Å². The highest BCUT2D eigenvalue weighted by atomic mass is 35.5. The number of nitrogens with zero attached hydrogens (tertiary/aromatic N) is 2. The van der Waals surface area contributed by atoms with Gasteiger partial charge in [-0.25, -0.2) is 4.98 Å². The molecule has 0 aliphatic rings. The topological polar surface area (TPSA) is 59.2 Å². The summed E-state index contributed by atoms with van der Waals surface area (Å²) in [7, 11) is 1.73. The second-order valence-corrected chi connectivity index (χ2v) is 5.70. The fourth-order valence-electron chi connectivity index (χ4n) is 1.57. The molecule has 0 aliphatic heterocycles. The minimum atomic E-state index is -0.211. The third-order valence-electron chi connectivity index (χ3n) is 2.13. The van der Waals surface area contributed by atoms with Crippen molar-refractivity contribution in [2.75, 3.05) is 19.3 Å². The molecule has 0 aliphatic carbocycles. The van der Waals surface area contributed by atoms with Crippen molar-refractivity contribution in [2.24, 2.45) is 5.41 Å². The number of pyridine rings is 1. The summed E-state index contributed by atoms with van der Waals surface area (Å²) in [5.74, 6) is 0.0825. The Morgan fingerprint density at radius 1 is 1.47 bits per heavy atom. The third kappa shape index (κ3) is 3.89. The van der Waals surface area contributed by atoms with E-state index < -0.39 is 0 Å². The molecule has 1 amide bonds. The van der Waals surface area contributed by atoms with E-state index >= 15 is 0 Å². The molecule has 1 aromatic rings. The average molecular weight is 256 g/mol. The monoisotopic (exact) mass is 255 g/mol. The van der Waals surface area contributed by atoms with Crippen LogP contribution in [-0.4, -0.2) is 29.4 Å². The Kier molecular flexibility index (Phi) is 3.98. The Labute approximate surface area is 107 Å². The minimum Gasteiger partial charge on any atom is -0.384 e. The number of nitrogens with two attached hydrogens (primary N) is 1. The van der Waals surface area contributed by atoms with Crippen LogP contribution in [-0.2, 0) is 0 Å². The zero-order chi connectivity index (χ0) is 13.2. The Morgan fingerprint density at radius 2 is 2.06 bits per heavy atom. The first-order chi connectivity index (χ1) is 7.70. The lowest BCUT2D eigenvalue weighted by Gasteiger charge is -2.26. The van der Waals surface area contributed by atoms with Crippen LogP contribution in [0.15, 0.2) is 12.1 Å². The molecule has 1 heterocycles. The maximum atomic E-state index is 12.1. The predicted molar refractivity (Wildman–Crippen MR) is 70.1 cm³/mol. The SMILES string of the molecule is CN(CC(C)(C)C)C(=O)c1nc(N)ccc1Cl. The largest absolute Gasteiger partial charge is 0.384 e. The smallest absolute Gasteiger partial charge is 0.273 e. The van der Waals surface area contributed by atoms with Crippen molar-refractivity contribution in [3.8, 4) is 0 Å². The van der Waals surface area contributed by atoms with Crippen LogP contribution >= 0.6 is 11.6 Å². The summed E-state index contributed by atoms with van der Waals surface area (Å²) in [4.78, 5) is 17.7. The molecule has 0 aromatic carbocycles. The van der Waals surface area contributed by atoms with E-state index in [4.69, 9.17) is 17.3 Å². The van der Waals surface area contributed by atoms with Crippen LogP contribution < -0.4 is 5.73 Å². The van der Waals surface area contributed by atoms with E-state index in [1.54, 1.807) is 24.1 Å². The van der Waals surface area contributed by atoms with Crippen LogP contribution in [0, 0.1) is 5.41 Å². The molecular formula is C12H18ClN3O. The third-order valence-corrected chi connectivity index (χ3v) is 2.43. The highest BCUT2D eigenvalue weighted by Crippen LogP contribution is 2.19. The van der Waals surface area contributed by atoms with Crippen molar-refractivity contribution >= 4 is 23.3 Å². The van der Waals surface area contributed by atoms with Gasteiger partial charge in [0.05, 0.1) is 5.02 Å². The van der Waals surface area contributed by atoms with Gasteiger partial charge in [0.1, 0.15) is 11.5 Å². The van der Waals surface area contributed by atoms with Crippen LogP contribution in [0.3, 0.4) is 0 Å². The summed E-state index contributed by atoms with van der Waals surface area (Å²) in [5, 5.41) is 0.324. The maximum absolute atomic E-state index is 12.1. The summed E-state index contributed by atoms with van der Waals surface area (Å²) in [6, 6.07) is 3.16. The van der Waals surface area contributed by atoms with E-state index in [9.17, 15) is 4.79 Å². The molecule has 0 radical (unpaired) electrons. The van der Waals surface area contributed by atoms with E-state index in [1.165, 1.54) is 0 Å². The summed E-state index contributed by atoms with van der Waals surface area (Å²) < 4.78 is 0. The Balaban J connectivity index is 2.93. The molecule has 5 heteroatoms. The van der Waals surface area contributed by atoms with Crippen LogP contribution in [0.4, 0.5) is 5.82 Å². The number of nitrogen functional groups attached to an aromatic ring is 1. The zero-order valence-corrected chi connectivity index (χ0v) is 11.4. The van der Waals surface area contributed by atoms with Gasteiger partial charge < -0.3 is 10.6 Å². The molecule has 0 saturated carbocycles. The lowest BCUT2D eigenvalue weighted by molar-refractivity contribution is 0.0740. The number of carbonyl (C=O) groups is 1. The van der Waals surface area contributed by atoms with Gasteiger partial charge in [-0.15, -0.1) is 0 Å². The first kappa shape index (κ1) is 13.8. The van der Waals surface area contributed by atoms with E-state index in [2.05, 4.69) is 25.8 Å². The van der Waals surface area contributed by atoms with Gasteiger partial charge in [0, 0.05) is 13.6 Å². The molecule has 0 bridgehead atoms. The first-order valence-corrected chi connectivity index (χ1v) is 5.76. The summed E-state index contributed by atoms with van der Waals surface area (Å²) in [6.45, 7) is 6.81. The van der Waals surface area contributed by atoms with Gasteiger partial charge in [0.2, 0.25) is 0 Å². The second-order valence-electron chi connectivity index (χ2n) is 5.29. The molecule has 0 fully saturated rings. The lowest BCUT2D eigenvalue weighted by Crippen LogP contribution is -2.35. The van der Waals surface area contributed by atoms with Gasteiger partial charge in [-0.3, -0.25) is 4.79 Å². The van der Waals surface area contributed by atoms with Crippen LogP contribution in [0.1, 0.15) is 31.3 Å². The Bertz CT molecular complexity index is 426. The zero-order valence-electron chi connectivity index (χ0n) is 10.6. The number of hydrogen-bond acceptors (Lipinski definition) is 3. The van der Waals surface area contributed by atoms with E-state index in [0.717, 1.165) is 0 Å². The first-order valence-electron chi connectivity index (χ1n) is 5.38. The van der Waals surface area contributed by atoms with Crippen molar-refractivity contribution in [2.45, 2.75) is 20.8 Å². The van der Waals surface area contributed by atoms with Crippen LogP contribution in [0.5, 0.6) is 0 Å². The van der Waals surface area contributed by atoms with Gasteiger partial charge in [0.25, 0.3) is 5.91 Å². The highest BCUT2D eigenvalue weighted by molar-refractivity contribution is 6.33. The summed E-state index contributed by atoms with van der Waals surface area (Å²) in [6.07, 6.45) is 0.